The van der Waals surface area contributed by atoms with Crippen molar-refractivity contribution in [1.29, 1.82) is 0 Å². The van der Waals surface area contributed by atoms with Crippen LogP contribution in [-0.4, -0.2) is 28.4 Å². The first kappa shape index (κ1) is 15.8. The van der Waals surface area contributed by atoms with Gasteiger partial charge in [-0.3, -0.25) is 0 Å². The van der Waals surface area contributed by atoms with Crippen LogP contribution in [0.2, 0.25) is 0 Å². The molecule has 2 N–H and O–H groups in total. The van der Waals surface area contributed by atoms with Crippen LogP contribution in [0.3, 0.4) is 0 Å². The minimum atomic E-state index is -1.71. The summed E-state index contributed by atoms with van der Waals surface area (Å²) < 4.78 is 5.06. The molecule has 108 valence electrons. The van der Waals surface area contributed by atoms with Gasteiger partial charge in [-0.2, -0.15) is 0 Å². The number of unbranched alkanes of at least 4 members (excludes halogenated alkanes) is 5. The average molecular weight is 268 g/mol. The van der Waals surface area contributed by atoms with Crippen LogP contribution in [0.5, 0.6) is 0 Å². The molecule has 0 bridgehead atoms. The highest BCUT2D eigenvalue weighted by Gasteiger charge is 2.37. The van der Waals surface area contributed by atoms with E-state index in [1.165, 1.54) is 37.5 Å². The van der Waals surface area contributed by atoms with Crippen molar-refractivity contribution in [3.05, 3.63) is 24.0 Å². The summed E-state index contributed by atoms with van der Waals surface area (Å²) in [4.78, 5) is 11.7. The number of carbonyl (C=O) groups excluding carboxylic acids is 1. The highest BCUT2D eigenvalue weighted by Crippen LogP contribution is 2.23. The van der Waals surface area contributed by atoms with Crippen LogP contribution in [0, 0.1) is 0 Å². The summed E-state index contributed by atoms with van der Waals surface area (Å²) in [6.07, 6.45) is 10.8. The zero-order valence-corrected chi connectivity index (χ0v) is 11.6. The predicted molar refractivity (Wildman–Crippen MR) is 73.8 cm³/mol. The molecule has 0 aromatic carbocycles. The number of aliphatic hydroxyl groups excluding tert-OH is 1. The van der Waals surface area contributed by atoms with E-state index in [9.17, 15) is 15.0 Å². The smallest absolute Gasteiger partial charge is 0.342 e. The van der Waals surface area contributed by atoms with Crippen LogP contribution in [0.25, 0.3) is 0 Å². The second-order valence-corrected chi connectivity index (χ2v) is 5.02. The molecular formula is C15H24O4. The van der Waals surface area contributed by atoms with Gasteiger partial charge in [0.05, 0.1) is 12.4 Å². The summed E-state index contributed by atoms with van der Waals surface area (Å²) in [7, 11) is 0. The van der Waals surface area contributed by atoms with E-state index >= 15 is 0 Å². The second-order valence-electron chi connectivity index (χ2n) is 5.02. The van der Waals surface area contributed by atoms with Gasteiger partial charge < -0.3 is 14.9 Å². The molecule has 0 fully saturated rings. The number of hydrogen-bond donors (Lipinski definition) is 2. The molecule has 0 saturated heterocycles. The van der Waals surface area contributed by atoms with Gasteiger partial charge in [0, 0.05) is 6.42 Å². The maximum atomic E-state index is 11.7. The lowest BCUT2D eigenvalue weighted by Crippen LogP contribution is -2.39. The number of aliphatic hydroxyl groups is 2. The van der Waals surface area contributed by atoms with Crippen LogP contribution < -0.4 is 0 Å². The quantitative estimate of drug-likeness (QED) is 0.524. The van der Waals surface area contributed by atoms with E-state index in [2.05, 4.69) is 6.92 Å². The van der Waals surface area contributed by atoms with E-state index in [1.54, 1.807) is 0 Å². The zero-order chi connectivity index (χ0) is 14.1. The average Bonchev–Trinajstić information content (AvgIpc) is 2.37. The van der Waals surface area contributed by atoms with Gasteiger partial charge in [0.2, 0.25) is 0 Å². The van der Waals surface area contributed by atoms with E-state index in [0.29, 0.717) is 6.61 Å². The lowest BCUT2D eigenvalue weighted by molar-refractivity contribution is -0.161. The minimum absolute atomic E-state index is 0.0125. The van der Waals surface area contributed by atoms with Crippen LogP contribution in [0.1, 0.15) is 51.9 Å². The van der Waals surface area contributed by atoms with Gasteiger partial charge >= 0.3 is 5.97 Å². The van der Waals surface area contributed by atoms with E-state index in [4.69, 9.17) is 4.74 Å². The molecule has 0 radical (unpaired) electrons. The monoisotopic (exact) mass is 268 g/mol. The third-order valence-corrected chi connectivity index (χ3v) is 3.20. The van der Waals surface area contributed by atoms with Crippen LogP contribution in [0.4, 0.5) is 0 Å². The normalized spacial score (nSPS) is 22.1. The molecule has 4 heteroatoms. The van der Waals surface area contributed by atoms with Gasteiger partial charge in [0.15, 0.2) is 5.60 Å². The Morgan fingerprint density at radius 2 is 2.00 bits per heavy atom. The van der Waals surface area contributed by atoms with Crippen LogP contribution >= 0.6 is 0 Å². The maximum absolute atomic E-state index is 11.7. The van der Waals surface area contributed by atoms with E-state index in [0.717, 1.165) is 19.3 Å². The fourth-order valence-corrected chi connectivity index (χ4v) is 2.02. The molecule has 1 aliphatic rings. The summed E-state index contributed by atoms with van der Waals surface area (Å²) in [5.74, 6) is -0.696. The second kappa shape index (κ2) is 8.00. The number of rotatable bonds is 8. The minimum Gasteiger partial charge on any atom is -0.512 e. The van der Waals surface area contributed by atoms with Crippen molar-refractivity contribution in [2.75, 3.05) is 6.61 Å². The zero-order valence-electron chi connectivity index (χ0n) is 11.6. The fraction of sp³-hybridized carbons (Fsp3) is 0.667. The standard InChI is InChI=1S/C15H24O4/c1-2-3-4-5-6-7-11-19-14(17)15(18)10-8-9-13(16)12-15/h8-10,16,18H,2-7,11-12H2,1H3. The lowest BCUT2D eigenvalue weighted by atomic mass is 9.94. The molecule has 0 aliphatic heterocycles. The number of ether oxygens (including phenoxy) is 1. The van der Waals surface area contributed by atoms with Gasteiger partial charge in [0.25, 0.3) is 0 Å². The van der Waals surface area contributed by atoms with E-state index in [-0.39, 0.29) is 12.2 Å². The van der Waals surface area contributed by atoms with Gasteiger partial charge in [0.1, 0.15) is 0 Å². The van der Waals surface area contributed by atoms with E-state index < -0.39 is 11.6 Å². The summed E-state index contributed by atoms with van der Waals surface area (Å²) in [6.45, 7) is 2.50. The molecule has 1 rings (SSSR count). The molecule has 1 aliphatic carbocycles. The third-order valence-electron chi connectivity index (χ3n) is 3.20. The summed E-state index contributed by atoms with van der Waals surface area (Å²) in [6, 6.07) is 0. The molecule has 0 heterocycles. The van der Waals surface area contributed by atoms with E-state index in [1.807, 2.05) is 0 Å². The fourth-order valence-electron chi connectivity index (χ4n) is 2.02. The number of hydrogen-bond acceptors (Lipinski definition) is 4. The van der Waals surface area contributed by atoms with Crippen LogP contribution in [-0.2, 0) is 9.53 Å². The van der Waals surface area contributed by atoms with Crippen LogP contribution in [0.15, 0.2) is 24.0 Å². The molecule has 1 atom stereocenters. The highest BCUT2D eigenvalue weighted by molar-refractivity contribution is 5.82. The third kappa shape index (κ3) is 5.47. The Bertz CT molecular complexity index is 346. The first-order valence-electron chi connectivity index (χ1n) is 7.05. The number of carbonyl (C=O) groups is 1. The summed E-state index contributed by atoms with van der Waals surface area (Å²) in [5.41, 5.74) is -1.71. The van der Waals surface area contributed by atoms with Crippen molar-refractivity contribution in [2.45, 2.75) is 57.5 Å². The highest BCUT2D eigenvalue weighted by atomic mass is 16.5. The molecule has 19 heavy (non-hydrogen) atoms. The molecule has 1 unspecified atom stereocenters. The number of esters is 1. The Hall–Kier alpha value is -1.29. The largest absolute Gasteiger partial charge is 0.512 e. The summed E-state index contributed by atoms with van der Waals surface area (Å²) in [5, 5.41) is 19.3. The molecule has 0 saturated carbocycles. The Morgan fingerprint density at radius 3 is 2.68 bits per heavy atom. The van der Waals surface area contributed by atoms with Crippen molar-refractivity contribution in [3.8, 4) is 0 Å². The molecule has 0 spiro atoms. The van der Waals surface area contributed by atoms with Gasteiger partial charge in [-0.25, -0.2) is 4.79 Å². The Labute approximate surface area is 114 Å². The van der Waals surface area contributed by atoms with Crippen molar-refractivity contribution in [1.82, 2.24) is 0 Å². The van der Waals surface area contributed by atoms with Crippen molar-refractivity contribution in [3.63, 3.8) is 0 Å². The molecule has 0 aromatic rings. The number of allylic oxidation sites excluding steroid dienone is 2. The maximum Gasteiger partial charge on any atom is 0.342 e. The van der Waals surface area contributed by atoms with Crippen molar-refractivity contribution in [2.24, 2.45) is 0 Å². The van der Waals surface area contributed by atoms with Gasteiger partial charge in [-0.05, 0) is 18.6 Å². The molecule has 0 amide bonds. The lowest BCUT2D eigenvalue weighted by Gasteiger charge is -2.24. The first-order valence-corrected chi connectivity index (χ1v) is 7.05. The summed E-state index contributed by atoms with van der Waals surface area (Å²) >= 11 is 0. The van der Waals surface area contributed by atoms with Gasteiger partial charge in [-0.1, -0.05) is 45.1 Å². The SMILES string of the molecule is CCCCCCCCOC(=O)C1(O)C=CC=C(O)C1. The van der Waals surface area contributed by atoms with Crippen molar-refractivity contribution < 1.29 is 19.7 Å². The molecule has 4 nitrogen and oxygen atoms in total. The molecular weight excluding hydrogens is 244 g/mol. The topological polar surface area (TPSA) is 66.8 Å². The predicted octanol–water partition coefficient (Wildman–Crippen LogP) is 3.02. The van der Waals surface area contributed by atoms with Crippen molar-refractivity contribution >= 4 is 5.97 Å². The Kier molecular flexibility index (Phi) is 6.64. The first-order chi connectivity index (χ1) is 9.08. The molecule has 0 aromatic heterocycles. The van der Waals surface area contributed by atoms with Gasteiger partial charge in [-0.15, -0.1) is 0 Å². The Morgan fingerprint density at radius 1 is 1.32 bits per heavy atom. The Balaban J connectivity index is 2.18.